The largest absolute Gasteiger partial charge is 0.368 e. The number of hydrogen-bond acceptors (Lipinski definition) is 5. The highest BCUT2D eigenvalue weighted by Crippen LogP contribution is 2.68. The van der Waals surface area contributed by atoms with Gasteiger partial charge in [0.1, 0.15) is 5.82 Å². The van der Waals surface area contributed by atoms with E-state index in [0.29, 0.717) is 5.41 Å². The quantitative estimate of drug-likeness (QED) is 0.775. The molecule has 2 bridgehead atoms. The zero-order chi connectivity index (χ0) is 15.7. The summed E-state index contributed by atoms with van der Waals surface area (Å²) in [4.78, 5) is 8.67. The highest BCUT2D eigenvalue weighted by atomic mass is 15.3. The number of hydrogen-bond donors (Lipinski definition) is 2. The van der Waals surface area contributed by atoms with Crippen molar-refractivity contribution < 1.29 is 0 Å². The molecule has 3 aliphatic rings. The first-order chi connectivity index (χ1) is 11.1. The molecule has 3 fully saturated rings. The molecule has 3 aliphatic carbocycles. The van der Waals surface area contributed by atoms with Crippen LogP contribution in [0.3, 0.4) is 0 Å². The molecule has 2 heterocycles. The molecule has 0 radical (unpaired) electrons. The van der Waals surface area contributed by atoms with Gasteiger partial charge in [-0.3, -0.25) is 4.68 Å². The number of aromatic nitrogens is 4. The first-order valence-electron chi connectivity index (χ1n) is 7.88. The van der Waals surface area contributed by atoms with Crippen LogP contribution in [0.5, 0.6) is 0 Å². The van der Waals surface area contributed by atoms with Crippen LogP contribution in [0.4, 0.5) is 11.8 Å². The van der Waals surface area contributed by atoms with Crippen LogP contribution in [0.15, 0.2) is 36.5 Å². The highest BCUT2D eigenvalue weighted by Gasteiger charge is 2.68. The van der Waals surface area contributed by atoms with Crippen molar-refractivity contribution in [1.82, 2.24) is 19.7 Å². The van der Waals surface area contributed by atoms with Gasteiger partial charge in [-0.1, -0.05) is 30.3 Å². The Morgan fingerprint density at radius 3 is 2.61 bits per heavy atom. The minimum Gasteiger partial charge on any atom is -0.368 e. The molecule has 3 saturated carbocycles. The maximum Gasteiger partial charge on any atom is 0.224 e. The van der Waals surface area contributed by atoms with Crippen molar-refractivity contribution in [2.24, 2.45) is 7.05 Å². The van der Waals surface area contributed by atoms with Crippen molar-refractivity contribution >= 4 is 22.8 Å². The fraction of sp³-hybridized carbons (Fsp3) is 0.353. The van der Waals surface area contributed by atoms with Gasteiger partial charge < -0.3 is 11.1 Å². The summed E-state index contributed by atoms with van der Waals surface area (Å²) in [6, 6.07) is 10.8. The molecule has 116 valence electrons. The second kappa shape index (κ2) is 4.01. The van der Waals surface area contributed by atoms with Crippen molar-refractivity contribution in [3.8, 4) is 0 Å². The lowest BCUT2D eigenvalue weighted by Crippen LogP contribution is -2.73. The van der Waals surface area contributed by atoms with E-state index in [2.05, 4.69) is 50.7 Å². The van der Waals surface area contributed by atoms with Crippen LogP contribution in [0.1, 0.15) is 24.8 Å². The summed E-state index contributed by atoms with van der Waals surface area (Å²) >= 11 is 0. The molecule has 6 rings (SSSR count). The van der Waals surface area contributed by atoms with Gasteiger partial charge in [0.25, 0.3) is 0 Å². The molecule has 0 amide bonds. The summed E-state index contributed by atoms with van der Waals surface area (Å²) in [5.41, 5.74) is 8.60. The van der Waals surface area contributed by atoms with E-state index in [1.807, 2.05) is 7.05 Å². The van der Waals surface area contributed by atoms with E-state index in [1.54, 1.807) is 10.9 Å². The number of rotatable bonds is 3. The fourth-order valence-electron chi connectivity index (χ4n) is 4.40. The minimum absolute atomic E-state index is 0.152. The Bertz CT molecular complexity index is 894. The van der Waals surface area contributed by atoms with Crippen molar-refractivity contribution in [2.75, 3.05) is 11.1 Å². The van der Waals surface area contributed by atoms with E-state index in [4.69, 9.17) is 5.73 Å². The first-order valence-corrected chi connectivity index (χ1v) is 7.88. The Hall–Kier alpha value is -2.63. The maximum absolute atomic E-state index is 5.86. The van der Waals surface area contributed by atoms with Crippen LogP contribution in [0, 0.1) is 0 Å². The zero-order valence-electron chi connectivity index (χ0n) is 13.0. The summed E-state index contributed by atoms with van der Waals surface area (Å²) in [6.07, 6.45) is 5.25. The molecule has 0 atom stereocenters. The number of nitrogens with zero attached hydrogens (tertiary/aromatic N) is 4. The lowest BCUT2D eigenvalue weighted by Gasteiger charge is -2.71. The number of anilines is 2. The van der Waals surface area contributed by atoms with Gasteiger partial charge in [0.05, 0.1) is 11.6 Å². The molecule has 6 nitrogen and oxygen atoms in total. The van der Waals surface area contributed by atoms with Crippen LogP contribution in [0.2, 0.25) is 0 Å². The van der Waals surface area contributed by atoms with Crippen LogP contribution in [-0.2, 0) is 12.5 Å². The number of benzene rings is 1. The summed E-state index contributed by atoms with van der Waals surface area (Å²) in [7, 11) is 1.87. The zero-order valence-corrected chi connectivity index (χ0v) is 13.0. The lowest BCUT2D eigenvalue weighted by molar-refractivity contribution is -0.0421. The molecule has 0 spiro atoms. The molecule has 0 unspecified atom stereocenters. The summed E-state index contributed by atoms with van der Waals surface area (Å²) in [5.74, 6) is 1.09. The Labute approximate surface area is 133 Å². The van der Waals surface area contributed by atoms with E-state index in [1.165, 1.54) is 5.56 Å². The van der Waals surface area contributed by atoms with Crippen molar-refractivity contribution in [3.05, 3.63) is 42.1 Å². The van der Waals surface area contributed by atoms with E-state index in [9.17, 15) is 0 Å². The standard InChI is InChI=1S/C17H18N6/c1-23-14-12(7-19-23)13(20-15(18)21-14)22-17-8-16(9-17,10-17)11-5-3-2-4-6-11/h2-7H,8-10H2,1H3,(H3,18,20,21,22). The van der Waals surface area contributed by atoms with Crippen LogP contribution in [-0.4, -0.2) is 25.3 Å². The molecule has 23 heavy (non-hydrogen) atoms. The Kier molecular flexibility index (Phi) is 2.24. The van der Waals surface area contributed by atoms with E-state index < -0.39 is 0 Å². The minimum atomic E-state index is 0.152. The number of nitrogens with two attached hydrogens (primary N) is 1. The Morgan fingerprint density at radius 1 is 1.13 bits per heavy atom. The Morgan fingerprint density at radius 2 is 1.87 bits per heavy atom. The van der Waals surface area contributed by atoms with E-state index >= 15 is 0 Å². The molecule has 3 N–H and O–H groups in total. The summed E-state index contributed by atoms with van der Waals surface area (Å²) < 4.78 is 1.73. The Balaban J connectivity index is 1.43. The normalized spacial score (nSPS) is 28.2. The van der Waals surface area contributed by atoms with Crippen molar-refractivity contribution in [1.29, 1.82) is 0 Å². The predicted molar refractivity (Wildman–Crippen MR) is 89.0 cm³/mol. The van der Waals surface area contributed by atoms with Gasteiger partial charge in [-0.2, -0.15) is 15.1 Å². The average molecular weight is 306 g/mol. The molecular weight excluding hydrogens is 288 g/mol. The molecule has 2 aromatic heterocycles. The SMILES string of the molecule is Cn1ncc2c(NC34CC(c5ccccc5)(C3)C4)nc(N)nc21. The van der Waals surface area contributed by atoms with E-state index in [-0.39, 0.29) is 11.5 Å². The molecule has 3 aromatic rings. The van der Waals surface area contributed by atoms with Gasteiger partial charge >= 0.3 is 0 Å². The smallest absolute Gasteiger partial charge is 0.224 e. The van der Waals surface area contributed by atoms with Gasteiger partial charge in [-0.15, -0.1) is 0 Å². The monoisotopic (exact) mass is 306 g/mol. The van der Waals surface area contributed by atoms with Gasteiger partial charge in [-0.25, -0.2) is 0 Å². The van der Waals surface area contributed by atoms with Gasteiger partial charge in [0.2, 0.25) is 5.95 Å². The average Bonchev–Trinajstić information content (AvgIpc) is 2.84. The van der Waals surface area contributed by atoms with Crippen molar-refractivity contribution in [3.63, 3.8) is 0 Å². The third kappa shape index (κ3) is 1.66. The third-order valence-electron chi connectivity index (χ3n) is 5.41. The number of fused-ring (bicyclic) bond motifs is 1. The number of nitrogens with one attached hydrogen (secondary N) is 1. The topological polar surface area (TPSA) is 81.7 Å². The predicted octanol–water partition coefficient (Wildman–Crippen LogP) is 2.23. The number of aryl methyl sites for hydroxylation is 1. The fourth-order valence-corrected chi connectivity index (χ4v) is 4.40. The molecule has 0 saturated heterocycles. The molecular formula is C17H18N6. The molecule has 0 aliphatic heterocycles. The van der Waals surface area contributed by atoms with Crippen molar-refractivity contribution in [2.45, 2.75) is 30.2 Å². The summed E-state index contributed by atoms with van der Waals surface area (Å²) in [5, 5.41) is 8.82. The van der Waals surface area contributed by atoms with E-state index in [0.717, 1.165) is 36.1 Å². The van der Waals surface area contributed by atoms with Gasteiger partial charge in [0.15, 0.2) is 5.65 Å². The van der Waals surface area contributed by atoms with Crippen LogP contribution in [0.25, 0.3) is 11.0 Å². The van der Waals surface area contributed by atoms with Gasteiger partial charge in [-0.05, 0) is 24.8 Å². The number of nitrogen functional groups attached to an aromatic ring is 1. The first kappa shape index (κ1) is 12.9. The highest BCUT2D eigenvalue weighted by molar-refractivity contribution is 5.88. The third-order valence-corrected chi connectivity index (χ3v) is 5.41. The maximum atomic E-state index is 5.86. The van der Waals surface area contributed by atoms with Crippen LogP contribution >= 0.6 is 0 Å². The lowest BCUT2D eigenvalue weighted by atomic mass is 9.37. The molecule has 6 heteroatoms. The second-order valence-corrected chi connectivity index (χ2v) is 7.02. The summed E-state index contributed by atoms with van der Waals surface area (Å²) in [6.45, 7) is 0. The second-order valence-electron chi connectivity index (χ2n) is 7.02. The van der Waals surface area contributed by atoms with Gasteiger partial charge in [0, 0.05) is 18.0 Å². The van der Waals surface area contributed by atoms with Crippen LogP contribution < -0.4 is 11.1 Å². The molecule has 1 aromatic carbocycles.